The first-order valence-electron chi connectivity index (χ1n) is 7.55. The monoisotopic (exact) mass is 324 g/mol. The van der Waals surface area contributed by atoms with Crippen LogP contribution in [0.15, 0.2) is 48.1 Å². The first kappa shape index (κ1) is 14.1. The Morgan fingerprint density at radius 2 is 1.61 bits per heavy atom. The second-order valence-electron chi connectivity index (χ2n) is 5.28. The van der Waals surface area contributed by atoms with Crippen LogP contribution in [0.3, 0.4) is 0 Å². The lowest BCUT2D eigenvalue weighted by Crippen LogP contribution is -2.47. The van der Waals surface area contributed by atoms with Crippen molar-refractivity contribution in [1.29, 1.82) is 0 Å². The van der Waals surface area contributed by atoms with Crippen LogP contribution >= 0.6 is 11.3 Å². The maximum Gasteiger partial charge on any atom is 0.225 e. The average molecular weight is 324 g/mol. The molecule has 0 amide bonds. The summed E-state index contributed by atoms with van der Waals surface area (Å²) in [5, 5.41) is 10.8. The fraction of sp³-hybridized carbons (Fsp3) is 0.250. The van der Waals surface area contributed by atoms with E-state index in [-0.39, 0.29) is 0 Å². The van der Waals surface area contributed by atoms with Crippen molar-refractivity contribution in [3.8, 4) is 10.6 Å². The minimum Gasteiger partial charge on any atom is -0.352 e. The standard InChI is InChI=1S/C16H16N6S/c1-3-14(23-12-1)13-4-5-15(20-19-13)21-8-10-22(11-9-21)16-17-6-2-7-18-16/h1-7,12H,8-11H2. The zero-order valence-corrected chi connectivity index (χ0v) is 13.4. The lowest BCUT2D eigenvalue weighted by atomic mass is 10.3. The third kappa shape index (κ3) is 3.00. The van der Waals surface area contributed by atoms with Crippen molar-refractivity contribution in [2.45, 2.75) is 0 Å². The molecule has 1 aliphatic heterocycles. The Morgan fingerprint density at radius 3 is 2.26 bits per heavy atom. The maximum absolute atomic E-state index is 4.39. The molecule has 4 rings (SSSR count). The van der Waals surface area contributed by atoms with Crippen LogP contribution in [0.2, 0.25) is 0 Å². The molecule has 0 radical (unpaired) electrons. The first-order valence-corrected chi connectivity index (χ1v) is 8.43. The van der Waals surface area contributed by atoms with Crippen molar-refractivity contribution in [1.82, 2.24) is 20.2 Å². The average Bonchev–Trinajstić information content (AvgIpc) is 3.18. The number of piperazine rings is 1. The van der Waals surface area contributed by atoms with Crippen LogP contribution in [-0.2, 0) is 0 Å². The fourth-order valence-electron chi connectivity index (χ4n) is 2.64. The van der Waals surface area contributed by atoms with Gasteiger partial charge in [0.25, 0.3) is 0 Å². The molecule has 0 aliphatic carbocycles. The van der Waals surface area contributed by atoms with Crippen molar-refractivity contribution in [3.63, 3.8) is 0 Å². The molecule has 1 fully saturated rings. The highest BCUT2D eigenvalue weighted by Gasteiger charge is 2.20. The summed E-state index contributed by atoms with van der Waals surface area (Å²) in [5.41, 5.74) is 0.931. The molecule has 0 saturated carbocycles. The predicted molar refractivity (Wildman–Crippen MR) is 91.8 cm³/mol. The van der Waals surface area contributed by atoms with Gasteiger partial charge in [0.2, 0.25) is 5.95 Å². The molecule has 0 N–H and O–H groups in total. The topological polar surface area (TPSA) is 58.0 Å². The van der Waals surface area contributed by atoms with Gasteiger partial charge >= 0.3 is 0 Å². The third-order valence-corrected chi connectivity index (χ3v) is 4.76. The number of rotatable bonds is 3. The van der Waals surface area contributed by atoms with E-state index < -0.39 is 0 Å². The molecule has 0 unspecified atom stereocenters. The van der Waals surface area contributed by atoms with Crippen LogP contribution in [0.25, 0.3) is 10.6 Å². The van der Waals surface area contributed by atoms with Crippen molar-refractivity contribution >= 4 is 23.1 Å². The van der Waals surface area contributed by atoms with Crippen molar-refractivity contribution in [2.24, 2.45) is 0 Å². The predicted octanol–water partition coefficient (Wildman–Crippen LogP) is 2.32. The van der Waals surface area contributed by atoms with Gasteiger partial charge in [-0.1, -0.05) is 6.07 Å². The minimum absolute atomic E-state index is 0.797. The Morgan fingerprint density at radius 1 is 0.826 bits per heavy atom. The van der Waals surface area contributed by atoms with E-state index in [2.05, 4.69) is 47.5 Å². The number of anilines is 2. The van der Waals surface area contributed by atoms with E-state index in [0.29, 0.717) is 0 Å². The van der Waals surface area contributed by atoms with Gasteiger partial charge in [0, 0.05) is 38.6 Å². The molecule has 3 aromatic heterocycles. The highest BCUT2D eigenvalue weighted by molar-refractivity contribution is 7.13. The van der Waals surface area contributed by atoms with Gasteiger partial charge in [-0.25, -0.2) is 9.97 Å². The number of hydrogen-bond acceptors (Lipinski definition) is 7. The van der Waals surface area contributed by atoms with Crippen molar-refractivity contribution < 1.29 is 0 Å². The molecule has 3 aromatic rings. The summed E-state index contributed by atoms with van der Waals surface area (Å²) in [6.45, 7) is 3.56. The molecule has 23 heavy (non-hydrogen) atoms. The van der Waals surface area contributed by atoms with E-state index in [1.807, 2.05) is 18.2 Å². The molecular weight excluding hydrogens is 308 g/mol. The van der Waals surface area contributed by atoms with E-state index in [0.717, 1.165) is 48.5 Å². The second kappa shape index (κ2) is 6.29. The SMILES string of the molecule is c1cnc(N2CCN(c3ccc(-c4cccs4)nn3)CC2)nc1. The van der Waals surface area contributed by atoms with Gasteiger partial charge in [0.05, 0.1) is 4.88 Å². The van der Waals surface area contributed by atoms with E-state index in [1.54, 1.807) is 23.7 Å². The van der Waals surface area contributed by atoms with E-state index in [9.17, 15) is 0 Å². The number of aromatic nitrogens is 4. The number of nitrogens with zero attached hydrogens (tertiary/aromatic N) is 6. The van der Waals surface area contributed by atoms with Crippen molar-refractivity contribution in [2.75, 3.05) is 36.0 Å². The molecule has 7 heteroatoms. The maximum atomic E-state index is 4.39. The van der Waals surface area contributed by atoms with Crippen molar-refractivity contribution in [3.05, 3.63) is 48.1 Å². The minimum atomic E-state index is 0.797. The molecule has 4 heterocycles. The van der Waals surface area contributed by atoms with Gasteiger partial charge in [-0.05, 0) is 29.6 Å². The summed E-state index contributed by atoms with van der Waals surface area (Å²) in [6.07, 6.45) is 3.56. The Balaban J connectivity index is 1.42. The van der Waals surface area contributed by atoms with Crippen LogP contribution in [0.1, 0.15) is 0 Å². The second-order valence-corrected chi connectivity index (χ2v) is 6.22. The van der Waals surface area contributed by atoms with Crippen LogP contribution in [0.4, 0.5) is 11.8 Å². The molecule has 116 valence electrons. The molecule has 0 atom stereocenters. The van der Waals surface area contributed by atoms with E-state index >= 15 is 0 Å². The molecule has 0 aromatic carbocycles. The lowest BCUT2D eigenvalue weighted by Gasteiger charge is -2.35. The van der Waals surface area contributed by atoms with Gasteiger partial charge in [0.1, 0.15) is 5.69 Å². The highest BCUT2D eigenvalue weighted by Crippen LogP contribution is 2.23. The number of hydrogen-bond donors (Lipinski definition) is 0. The lowest BCUT2D eigenvalue weighted by molar-refractivity contribution is 0.631. The fourth-order valence-corrected chi connectivity index (χ4v) is 3.33. The summed E-state index contributed by atoms with van der Waals surface area (Å²) in [6, 6.07) is 10.0. The van der Waals surface area contributed by atoms with Crippen LogP contribution in [0.5, 0.6) is 0 Å². The van der Waals surface area contributed by atoms with Crippen LogP contribution in [0, 0.1) is 0 Å². The molecule has 0 spiro atoms. The van der Waals surface area contributed by atoms with Crippen LogP contribution in [-0.4, -0.2) is 46.3 Å². The third-order valence-electron chi connectivity index (χ3n) is 3.86. The highest BCUT2D eigenvalue weighted by atomic mass is 32.1. The molecule has 1 aliphatic rings. The Hall–Kier alpha value is -2.54. The Bertz CT molecular complexity index is 736. The zero-order valence-electron chi connectivity index (χ0n) is 12.5. The first-order chi connectivity index (χ1) is 11.4. The summed E-state index contributed by atoms with van der Waals surface area (Å²) in [5.74, 6) is 1.73. The zero-order chi connectivity index (χ0) is 15.5. The molecular formula is C16H16N6S. The van der Waals surface area contributed by atoms with E-state index in [4.69, 9.17) is 0 Å². The summed E-state index contributed by atoms with van der Waals surface area (Å²) >= 11 is 1.68. The Labute approximate surface area is 138 Å². The Kier molecular flexibility index (Phi) is 3.85. The van der Waals surface area contributed by atoms with Gasteiger partial charge in [0.15, 0.2) is 5.82 Å². The van der Waals surface area contributed by atoms with Crippen LogP contribution < -0.4 is 9.80 Å². The van der Waals surface area contributed by atoms with Gasteiger partial charge in [-0.3, -0.25) is 0 Å². The molecule has 6 nitrogen and oxygen atoms in total. The normalized spacial score (nSPS) is 15.0. The quantitative estimate of drug-likeness (QED) is 0.737. The largest absolute Gasteiger partial charge is 0.352 e. The molecule has 1 saturated heterocycles. The summed E-state index contributed by atoms with van der Waals surface area (Å²) < 4.78 is 0. The number of thiophene rings is 1. The smallest absolute Gasteiger partial charge is 0.225 e. The van der Waals surface area contributed by atoms with Gasteiger partial charge in [-0.15, -0.1) is 21.5 Å². The molecule has 0 bridgehead atoms. The van der Waals surface area contributed by atoms with Gasteiger partial charge in [-0.2, -0.15) is 0 Å². The van der Waals surface area contributed by atoms with Gasteiger partial charge < -0.3 is 9.80 Å². The van der Waals surface area contributed by atoms with E-state index in [1.165, 1.54) is 0 Å². The summed E-state index contributed by atoms with van der Waals surface area (Å²) in [4.78, 5) is 14.2. The summed E-state index contributed by atoms with van der Waals surface area (Å²) in [7, 11) is 0.